The predicted molar refractivity (Wildman–Crippen MR) is 109 cm³/mol. The SMILES string of the molecule is CC(C)C(NC(=O)/C=C/c1ccc(Cl)c([N+](=O)[O-])c1)c1nc2ccccc2[nH]1. The summed E-state index contributed by atoms with van der Waals surface area (Å²) in [6.45, 7) is 3.98. The minimum atomic E-state index is -0.559. The first-order valence-electron chi connectivity index (χ1n) is 8.72. The number of nitrogens with one attached hydrogen (secondary N) is 2. The minimum absolute atomic E-state index is 0.0522. The fourth-order valence-electron chi connectivity index (χ4n) is 2.82. The van der Waals surface area contributed by atoms with Gasteiger partial charge in [0.1, 0.15) is 10.8 Å². The number of amides is 1. The zero-order valence-corrected chi connectivity index (χ0v) is 16.1. The molecule has 1 amide bonds. The Hall–Kier alpha value is -3.19. The molecule has 7 nitrogen and oxygen atoms in total. The van der Waals surface area contributed by atoms with E-state index in [9.17, 15) is 14.9 Å². The number of hydrogen-bond acceptors (Lipinski definition) is 4. The lowest BCUT2D eigenvalue weighted by molar-refractivity contribution is -0.384. The summed E-state index contributed by atoms with van der Waals surface area (Å²) in [5, 5.41) is 14.0. The standard InChI is InChI=1S/C20H19ClN4O3/c1-12(2)19(20-22-15-5-3-4-6-16(15)23-20)24-18(26)10-8-13-7-9-14(21)17(11-13)25(27)28/h3-12,19H,1-2H3,(H,22,23)(H,24,26)/b10-8+. The zero-order valence-electron chi connectivity index (χ0n) is 15.3. The second kappa shape index (κ2) is 8.22. The zero-order chi connectivity index (χ0) is 20.3. The molecule has 0 aliphatic rings. The fraction of sp³-hybridized carbons (Fsp3) is 0.200. The van der Waals surface area contributed by atoms with Gasteiger partial charge in [0.15, 0.2) is 0 Å². The van der Waals surface area contributed by atoms with Crippen LogP contribution in [0.15, 0.2) is 48.5 Å². The quantitative estimate of drug-likeness (QED) is 0.358. The molecule has 3 rings (SSSR count). The van der Waals surface area contributed by atoms with E-state index in [-0.39, 0.29) is 28.6 Å². The van der Waals surface area contributed by atoms with Crippen LogP contribution >= 0.6 is 11.6 Å². The number of para-hydroxylation sites is 2. The number of imidazole rings is 1. The third-order valence-corrected chi connectivity index (χ3v) is 4.58. The predicted octanol–water partition coefficient (Wildman–Crippen LogP) is 4.65. The molecule has 0 radical (unpaired) electrons. The molecule has 0 fully saturated rings. The maximum absolute atomic E-state index is 12.4. The third kappa shape index (κ3) is 4.37. The Morgan fingerprint density at radius 2 is 2.04 bits per heavy atom. The Labute approximate surface area is 166 Å². The van der Waals surface area contributed by atoms with Crippen LogP contribution in [-0.2, 0) is 4.79 Å². The molecular weight excluding hydrogens is 380 g/mol. The van der Waals surface area contributed by atoms with E-state index in [0.29, 0.717) is 11.4 Å². The Morgan fingerprint density at radius 3 is 2.71 bits per heavy atom. The van der Waals surface area contributed by atoms with Gasteiger partial charge in [0, 0.05) is 12.1 Å². The fourth-order valence-corrected chi connectivity index (χ4v) is 3.00. The Balaban J connectivity index is 1.77. The Bertz CT molecular complexity index is 1030. The molecule has 1 unspecified atom stereocenters. The molecule has 1 heterocycles. The van der Waals surface area contributed by atoms with Crippen molar-refractivity contribution in [2.24, 2.45) is 5.92 Å². The number of carbonyl (C=O) groups is 1. The normalized spacial score (nSPS) is 12.6. The molecule has 1 atom stereocenters. The summed E-state index contributed by atoms with van der Waals surface area (Å²) in [4.78, 5) is 30.6. The van der Waals surface area contributed by atoms with E-state index < -0.39 is 4.92 Å². The van der Waals surface area contributed by atoms with Crippen LogP contribution in [0.2, 0.25) is 5.02 Å². The number of fused-ring (bicyclic) bond motifs is 1. The van der Waals surface area contributed by atoms with Gasteiger partial charge in [0.25, 0.3) is 5.69 Å². The van der Waals surface area contributed by atoms with Crippen LogP contribution in [0, 0.1) is 16.0 Å². The highest BCUT2D eigenvalue weighted by Crippen LogP contribution is 2.26. The number of rotatable bonds is 6. The van der Waals surface area contributed by atoms with Gasteiger partial charge < -0.3 is 10.3 Å². The molecule has 0 aliphatic heterocycles. The highest BCUT2D eigenvalue weighted by Gasteiger charge is 2.21. The van der Waals surface area contributed by atoms with Gasteiger partial charge in [-0.15, -0.1) is 0 Å². The molecule has 2 aromatic carbocycles. The van der Waals surface area contributed by atoms with E-state index in [1.807, 2.05) is 38.1 Å². The molecular formula is C20H19ClN4O3. The van der Waals surface area contributed by atoms with Crippen molar-refractivity contribution in [3.63, 3.8) is 0 Å². The van der Waals surface area contributed by atoms with Crippen molar-refractivity contribution in [3.8, 4) is 0 Å². The van der Waals surface area contributed by atoms with Gasteiger partial charge in [-0.3, -0.25) is 14.9 Å². The average Bonchev–Trinajstić information content (AvgIpc) is 3.08. The topological polar surface area (TPSA) is 101 Å². The first kappa shape index (κ1) is 19.6. The maximum Gasteiger partial charge on any atom is 0.288 e. The summed E-state index contributed by atoms with van der Waals surface area (Å²) in [5.74, 6) is 0.464. The van der Waals surface area contributed by atoms with Crippen LogP contribution < -0.4 is 5.32 Å². The minimum Gasteiger partial charge on any atom is -0.342 e. The van der Waals surface area contributed by atoms with Crippen LogP contribution in [0.3, 0.4) is 0 Å². The number of benzene rings is 2. The van der Waals surface area contributed by atoms with Crippen LogP contribution in [0.25, 0.3) is 17.1 Å². The van der Waals surface area contributed by atoms with E-state index in [1.165, 1.54) is 24.3 Å². The van der Waals surface area contributed by atoms with Gasteiger partial charge in [-0.05, 0) is 35.8 Å². The van der Waals surface area contributed by atoms with E-state index in [0.717, 1.165) is 11.0 Å². The summed E-state index contributed by atoms with van der Waals surface area (Å²) >= 11 is 5.80. The number of nitro groups is 1. The molecule has 3 aromatic rings. The molecule has 0 aliphatic carbocycles. The molecule has 8 heteroatoms. The molecule has 0 saturated carbocycles. The van der Waals surface area contributed by atoms with E-state index in [4.69, 9.17) is 11.6 Å². The van der Waals surface area contributed by atoms with Crippen molar-refractivity contribution < 1.29 is 9.72 Å². The van der Waals surface area contributed by atoms with Gasteiger partial charge in [-0.1, -0.05) is 43.6 Å². The largest absolute Gasteiger partial charge is 0.342 e. The third-order valence-electron chi connectivity index (χ3n) is 4.26. The van der Waals surface area contributed by atoms with Crippen molar-refractivity contribution in [1.29, 1.82) is 0 Å². The Kier molecular flexibility index (Phi) is 5.75. The van der Waals surface area contributed by atoms with Crippen LogP contribution in [-0.4, -0.2) is 20.8 Å². The summed E-state index contributed by atoms with van der Waals surface area (Å²) in [6, 6.07) is 11.7. The smallest absolute Gasteiger partial charge is 0.288 e. The molecule has 28 heavy (non-hydrogen) atoms. The van der Waals surface area contributed by atoms with Gasteiger partial charge in [-0.25, -0.2) is 4.98 Å². The molecule has 0 bridgehead atoms. The summed E-state index contributed by atoms with van der Waals surface area (Å²) in [6.07, 6.45) is 2.85. The van der Waals surface area contributed by atoms with Gasteiger partial charge >= 0.3 is 0 Å². The second-order valence-electron chi connectivity index (χ2n) is 6.67. The lowest BCUT2D eigenvalue weighted by Gasteiger charge is -2.19. The first-order chi connectivity index (χ1) is 13.3. The molecule has 1 aromatic heterocycles. The van der Waals surface area contributed by atoms with Crippen LogP contribution in [0.1, 0.15) is 31.3 Å². The maximum atomic E-state index is 12.4. The number of H-pyrrole nitrogens is 1. The van der Waals surface area contributed by atoms with E-state index in [1.54, 1.807) is 6.07 Å². The van der Waals surface area contributed by atoms with Crippen molar-refractivity contribution in [2.75, 3.05) is 0 Å². The lowest BCUT2D eigenvalue weighted by Crippen LogP contribution is -2.31. The molecule has 0 spiro atoms. The highest BCUT2D eigenvalue weighted by molar-refractivity contribution is 6.32. The van der Waals surface area contributed by atoms with Crippen LogP contribution in [0.5, 0.6) is 0 Å². The number of carbonyl (C=O) groups excluding carboxylic acids is 1. The van der Waals surface area contributed by atoms with Gasteiger partial charge in [0.2, 0.25) is 5.91 Å². The molecule has 2 N–H and O–H groups in total. The number of halogens is 1. The van der Waals surface area contributed by atoms with Crippen LogP contribution in [0.4, 0.5) is 5.69 Å². The number of aromatic amines is 1. The Morgan fingerprint density at radius 1 is 1.29 bits per heavy atom. The summed E-state index contributed by atoms with van der Waals surface area (Å²) in [5.41, 5.74) is 2.05. The van der Waals surface area contributed by atoms with Crippen molar-refractivity contribution in [1.82, 2.24) is 15.3 Å². The van der Waals surface area contributed by atoms with E-state index >= 15 is 0 Å². The highest BCUT2D eigenvalue weighted by atomic mass is 35.5. The first-order valence-corrected chi connectivity index (χ1v) is 9.10. The number of nitro benzene ring substituents is 1. The molecule has 144 valence electrons. The van der Waals surface area contributed by atoms with Crippen molar-refractivity contribution >= 4 is 40.3 Å². The van der Waals surface area contributed by atoms with E-state index in [2.05, 4.69) is 15.3 Å². The summed E-state index contributed by atoms with van der Waals surface area (Å²) < 4.78 is 0. The number of aromatic nitrogens is 2. The average molecular weight is 399 g/mol. The summed E-state index contributed by atoms with van der Waals surface area (Å²) in [7, 11) is 0. The van der Waals surface area contributed by atoms with Gasteiger partial charge in [-0.2, -0.15) is 0 Å². The van der Waals surface area contributed by atoms with Crippen molar-refractivity contribution in [2.45, 2.75) is 19.9 Å². The molecule has 0 saturated heterocycles. The monoisotopic (exact) mass is 398 g/mol. The number of nitrogens with zero attached hydrogens (tertiary/aromatic N) is 2. The van der Waals surface area contributed by atoms with Gasteiger partial charge in [0.05, 0.1) is 22.0 Å². The second-order valence-corrected chi connectivity index (χ2v) is 7.08. The van der Waals surface area contributed by atoms with Crippen molar-refractivity contribution in [3.05, 3.63) is 75.1 Å². The number of hydrogen-bond donors (Lipinski definition) is 2. The lowest BCUT2D eigenvalue weighted by atomic mass is 10.0.